The monoisotopic (exact) mass is 310 g/mol. The molecule has 0 aliphatic heterocycles. The third kappa shape index (κ3) is 2.14. The number of halogens is 2. The van der Waals surface area contributed by atoms with Crippen LogP contribution in [0.3, 0.4) is 0 Å². The molecule has 4 heteroatoms. The van der Waals surface area contributed by atoms with E-state index in [2.05, 4.69) is 18.4 Å². The van der Waals surface area contributed by atoms with Gasteiger partial charge in [0.2, 0.25) is 0 Å². The van der Waals surface area contributed by atoms with Crippen molar-refractivity contribution in [2.75, 3.05) is 0 Å². The highest BCUT2D eigenvalue weighted by atomic mass is 35.5. The van der Waals surface area contributed by atoms with Crippen molar-refractivity contribution >= 4 is 34.2 Å². The molecule has 0 radical (unpaired) electrons. The fourth-order valence-corrected chi connectivity index (χ4v) is 3.86. The number of aromatic nitrogens is 2. The van der Waals surface area contributed by atoms with Gasteiger partial charge in [-0.25, -0.2) is 4.98 Å². The first-order valence-electron chi connectivity index (χ1n) is 7.31. The molecule has 4 unspecified atom stereocenters. The summed E-state index contributed by atoms with van der Waals surface area (Å²) >= 11 is 12.8. The van der Waals surface area contributed by atoms with Crippen molar-refractivity contribution in [3.05, 3.63) is 29.0 Å². The predicted octanol–water partition coefficient (Wildman–Crippen LogP) is 5.60. The largest absolute Gasteiger partial charge is 0.322 e. The van der Waals surface area contributed by atoms with Gasteiger partial charge < -0.3 is 4.57 Å². The van der Waals surface area contributed by atoms with Gasteiger partial charge in [-0.2, -0.15) is 0 Å². The molecule has 20 heavy (non-hydrogen) atoms. The lowest BCUT2D eigenvalue weighted by molar-refractivity contribution is 0.352. The Morgan fingerprint density at radius 2 is 2.05 bits per heavy atom. The van der Waals surface area contributed by atoms with Crippen molar-refractivity contribution in [2.45, 2.75) is 45.0 Å². The van der Waals surface area contributed by atoms with E-state index >= 15 is 0 Å². The molecular formula is C16H20Cl2N2. The number of alkyl halides is 1. The van der Waals surface area contributed by atoms with Crippen LogP contribution in [0.5, 0.6) is 0 Å². The second kappa shape index (κ2) is 5.23. The molecule has 0 spiro atoms. The van der Waals surface area contributed by atoms with Crippen molar-refractivity contribution in [3.63, 3.8) is 0 Å². The van der Waals surface area contributed by atoms with Crippen LogP contribution in [0, 0.1) is 11.8 Å². The van der Waals surface area contributed by atoms with Crippen LogP contribution in [-0.2, 0) is 0 Å². The summed E-state index contributed by atoms with van der Waals surface area (Å²) in [5.74, 6) is 2.30. The standard InChI is InChI=1S/C16H20Cl2N2/c1-9-7-8-14(10(9)2)20-15-12(18)5-4-6-13(15)19-16(20)11(3)17/h4-6,9-11,14H,7-8H2,1-3H3. The maximum atomic E-state index is 6.44. The predicted molar refractivity (Wildman–Crippen MR) is 85.6 cm³/mol. The molecule has 1 heterocycles. The fourth-order valence-electron chi connectivity index (χ4n) is 3.44. The van der Waals surface area contributed by atoms with Gasteiger partial charge >= 0.3 is 0 Å². The third-order valence-electron chi connectivity index (χ3n) is 4.80. The number of fused-ring (bicyclic) bond motifs is 1. The molecule has 1 aliphatic carbocycles. The van der Waals surface area contributed by atoms with Gasteiger partial charge in [0.15, 0.2) is 0 Å². The van der Waals surface area contributed by atoms with Gasteiger partial charge in [0.05, 0.1) is 21.4 Å². The highest BCUT2D eigenvalue weighted by Gasteiger charge is 2.34. The van der Waals surface area contributed by atoms with E-state index in [1.807, 2.05) is 25.1 Å². The first-order valence-corrected chi connectivity index (χ1v) is 8.12. The maximum absolute atomic E-state index is 6.44. The fraction of sp³-hybridized carbons (Fsp3) is 0.562. The molecule has 1 fully saturated rings. The summed E-state index contributed by atoms with van der Waals surface area (Å²) in [5, 5.41) is 0.659. The van der Waals surface area contributed by atoms with Gasteiger partial charge in [-0.3, -0.25) is 0 Å². The van der Waals surface area contributed by atoms with Crippen LogP contribution in [0.15, 0.2) is 18.2 Å². The summed E-state index contributed by atoms with van der Waals surface area (Å²) in [4.78, 5) is 4.72. The van der Waals surface area contributed by atoms with E-state index in [1.54, 1.807) is 0 Å². The second-order valence-electron chi connectivity index (χ2n) is 6.04. The Bertz CT molecular complexity index is 633. The maximum Gasteiger partial charge on any atom is 0.128 e. The number of hydrogen-bond acceptors (Lipinski definition) is 1. The number of para-hydroxylation sites is 1. The zero-order valence-corrected chi connectivity index (χ0v) is 13.6. The smallest absolute Gasteiger partial charge is 0.128 e. The highest BCUT2D eigenvalue weighted by molar-refractivity contribution is 6.35. The van der Waals surface area contributed by atoms with Gasteiger partial charge in [0.25, 0.3) is 0 Å². The van der Waals surface area contributed by atoms with Gasteiger partial charge in [0.1, 0.15) is 5.82 Å². The molecule has 3 rings (SSSR count). The lowest BCUT2D eigenvalue weighted by atomic mass is 9.97. The molecule has 1 aromatic carbocycles. The van der Waals surface area contributed by atoms with E-state index in [-0.39, 0.29) is 5.38 Å². The minimum atomic E-state index is -0.110. The van der Waals surface area contributed by atoms with Crippen LogP contribution >= 0.6 is 23.2 Å². The minimum absolute atomic E-state index is 0.110. The molecule has 0 bridgehead atoms. The van der Waals surface area contributed by atoms with Crippen LogP contribution in [0.4, 0.5) is 0 Å². The first kappa shape index (κ1) is 14.2. The molecule has 108 valence electrons. The number of rotatable bonds is 2. The summed E-state index contributed by atoms with van der Waals surface area (Å²) in [5.41, 5.74) is 1.99. The molecule has 2 aromatic rings. The third-order valence-corrected chi connectivity index (χ3v) is 5.30. The van der Waals surface area contributed by atoms with Crippen LogP contribution in [0.25, 0.3) is 11.0 Å². The van der Waals surface area contributed by atoms with E-state index in [0.717, 1.165) is 27.8 Å². The second-order valence-corrected chi connectivity index (χ2v) is 7.11. The molecular weight excluding hydrogens is 291 g/mol. The molecule has 1 aliphatic rings. The van der Waals surface area contributed by atoms with Crippen LogP contribution in [0.2, 0.25) is 5.02 Å². The van der Waals surface area contributed by atoms with Gasteiger partial charge in [-0.1, -0.05) is 31.5 Å². The molecule has 0 N–H and O–H groups in total. The Morgan fingerprint density at radius 1 is 1.30 bits per heavy atom. The topological polar surface area (TPSA) is 17.8 Å². The Kier molecular flexibility index (Phi) is 3.72. The number of hydrogen-bond donors (Lipinski definition) is 0. The van der Waals surface area contributed by atoms with E-state index in [0.29, 0.717) is 12.0 Å². The summed E-state index contributed by atoms with van der Waals surface area (Å²) < 4.78 is 2.31. The molecule has 1 aromatic heterocycles. The number of imidazole rings is 1. The van der Waals surface area contributed by atoms with E-state index in [4.69, 9.17) is 28.2 Å². The quantitative estimate of drug-likeness (QED) is 0.660. The minimum Gasteiger partial charge on any atom is -0.322 e. The van der Waals surface area contributed by atoms with Crippen LogP contribution in [-0.4, -0.2) is 9.55 Å². The van der Waals surface area contributed by atoms with Crippen molar-refractivity contribution in [1.29, 1.82) is 0 Å². The lowest BCUT2D eigenvalue weighted by Crippen LogP contribution is -2.17. The van der Waals surface area contributed by atoms with Gasteiger partial charge in [-0.15, -0.1) is 11.6 Å². The van der Waals surface area contributed by atoms with Crippen molar-refractivity contribution < 1.29 is 0 Å². The first-order chi connectivity index (χ1) is 9.50. The van der Waals surface area contributed by atoms with Gasteiger partial charge in [-0.05, 0) is 43.7 Å². The molecule has 0 amide bonds. The van der Waals surface area contributed by atoms with Crippen molar-refractivity contribution in [3.8, 4) is 0 Å². The molecule has 0 saturated heterocycles. The Balaban J connectivity index is 2.24. The number of benzene rings is 1. The van der Waals surface area contributed by atoms with E-state index < -0.39 is 0 Å². The van der Waals surface area contributed by atoms with Crippen molar-refractivity contribution in [1.82, 2.24) is 9.55 Å². The van der Waals surface area contributed by atoms with Gasteiger partial charge in [0, 0.05) is 6.04 Å². The van der Waals surface area contributed by atoms with Crippen LogP contribution in [0.1, 0.15) is 50.9 Å². The molecule has 2 nitrogen and oxygen atoms in total. The Labute approximate surface area is 130 Å². The average Bonchev–Trinajstić information content (AvgIpc) is 2.93. The van der Waals surface area contributed by atoms with Crippen LogP contribution < -0.4 is 0 Å². The lowest BCUT2D eigenvalue weighted by Gasteiger charge is -2.24. The Morgan fingerprint density at radius 3 is 2.65 bits per heavy atom. The Hall–Kier alpha value is -0.730. The van der Waals surface area contributed by atoms with Crippen molar-refractivity contribution in [2.24, 2.45) is 11.8 Å². The van der Waals surface area contributed by atoms with E-state index in [9.17, 15) is 0 Å². The summed E-state index contributed by atoms with van der Waals surface area (Å²) in [7, 11) is 0. The molecule has 4 atom stereocenters. The average molecular weight is 311 g/mol. The summed E-state index contributed by atoms with van der Waals surface area (Å²) in [6, 6.07) is 6.36. The SMILES string of the molecule is CC(Cl)c1nc2cccc(Cl)c2n1C1CCC(C)C1C. The zero-order chi connectivity index (χ0) is 14.4. The molecule has 1 saturated carbocycles. The number of nitrogens with zero attached hydrogens (tertiary/aromatic N) is 2. The zero-order valence-electron chi connectivity index (χ0n) is 12.1. The highest BCUT2D eigenvalue weighted by Crippen LogP contribution is 2.44. The summed E-state index contributed by atoms with van der Waals surface area (Å²) in [6.07, 6.45) is 2.43. The summed E-state index contributed by atoms with van der Waals surface area (Å²) in [6.45, 7) is 6.64. The van der Waals surface area contributed by atoms with E-state index in [1.165, 1.54) is 12.8 Å². The normalized spacial score (nSPS) is 28.1.